The Labute approximate surface area is 156 Å². The van der Waals surface area contributed by atoms with Crippen LogP contribution in [-0.2, 0) is 4.74 Å². The summed E-state index contributed by atoms with van der Waals surface area (Å²) in [7, 11) is 0. The minimum Gasteiger partial charge on any atom is -0.493 e. The summed E-state index contributed by atoms with van der Waals surface area (Å²) >= 11 is 0. The molecule has 0 radical (unpaired) electrons. The average molecular weight is 362 g/mol. The molecule has 0 aliphatic carbocycles. The molecule has 7 nitrogen and oxygen atoms in total. The molecule has 0 atom stereocenters. The molecule has 7 heteroatoms. The van der Waals surface area contributed by atoms with Gasteiger partial charge >= 0.3 is 5.97 Å². The second-order valence-corrected chi connectivity index (χ2v) is 6.89. The van der Waals surface area contributed by atoms with Gasteiger partial charge in [-0.2, -0.15) is 15.0 Å². The molecule has 136 valence electrons. The van der Waals surface area contributed by atoms with Gasteiger partial charge in [0.1, 0.15) is 5.60 Å². The van der Waals surface area contributed by atoms with Gasteiger partial charge in [0.25, 0.3) is 0 Å². The zero-order valence-corrected chi connectivity index (χ0v) is 15.2. The second kappa shape index (κ2) is 6.92. The normalized spacial score (nSPS) is 11.0. The van der Waals surface area contributed by atoms with E-state index in [0.29, 0.717) is 22.5 Å². The van der Waals surface area contributed by atoms with E-state index in [1.165, 1.54) is 17.1 Å². The summed E-state index contributed by atoms with van der Waals surface area (Å²) in [5.74, 6) is -0.193. The Morgan fingerprint density at radius 2 is 1.85 bits per heavy atom. The predicted molar refractivity (Wildman–Crippen MR) is 98.3 cm³/mol. The molecule has 0 spiro atoms. The highest BCUT2D eigenvalue weighted by Crippen LogP contribution is 2.30. The lowest BCUT2D eigenvalue weighted by Crippen LogP contribution is -2.24. The lowest BCUT2D eigenvalue weighted by Gasteiger charge is -2.19. The van der Waals surface area contributed by atoms with E-state index in [2.05, 4.69) is 10.1 Å². The number of benzene rings is 1. The van der Waals surface area contributed by atoms with Crippen LogP contribution in [0.3, 0.4) is 0 Å². The van der Waals surface area contributed by atoms with Gasteiger partial charge in [-0.05, 0) is 50.6 Å². The fraction of sp³-hybridized carbons (Fsp3) is 0.200. The molecule has 0 unspecified atom stereocenters. The molecule has 3 rings (SSSR count). The van der Waals surface area contributed by atoms with E-state index in [1.807, 2.05) is 6.07 Å². The summed E-state index contributed by atoms with van der Waals surface area (Å²) in [6.07, 6.45) is 2.89. The van der Waals surface area contributed by atoms with Gasteiger partial charge in [-0.1, -0.05) is 12.1 Å². The van der Waals surface area contributed by atoms with Crippen LogP contribution >= 0.6 is 0 Å². The zero-order valence-electron chi connectivity index (χ0n) is 15.2. The first-order valence-corrected chi connectivity index (χ1v) is 8.26. The SMILES string of the molecule is CC(C)(C)OC(=O)c1ccc(-n2ncc(-c3ccc(C#N)cc3)c2O)nc1. The Balaban J connectivity index is 1.86. The Bertz CT molecular complexity index is 1010. The maximum absolute atomic E-state index is 12.1. The van der Waals surface area contributed by atoms with Crippen LogP contribution in [0.2, 0.25) is 0 Å². The monoisotopic (exact) mass is 362 g/mol. The predicted octanol–water partition coefficient (Wildman–Crippen LogP) is 3.47. The van der Waals surface area contributed by atoms with E-state index in [1.54, 1.807) is 57.2 Å². The number of nitriles is 1. The highest BCUT2D eigenvalue weighted by atomic mass is 16.6. The third-order valence-corrected chi connectivity index (χ3v) is 3.67. The van der Waals surface area contributed by atoms with E-state index >= 15 is 0 Å². The van der Waals surface area contributed by atoms with Crippen LogP contribution in [0, 0.1) is 11.3 Å². The number of ether oxygens (including phenoxy) is 1. The van der Waals surface area contributed by atoms with Crippen molar-refractivity contribution >= 4 is 5.97 Å². The summed E-state index contributed by atoms with van der Waals surface area (Å²) in [6.45, 7) is 5.37. The number of aromatic nitrogens is 3. The number of esters is 1. The van der Waals surface area contributed by atoms with Crippen molar-refractivity contribution in [1.29, 1.82) is 5.26 Å². The second-order valence-electron chi connectivity index (χ2n) is 6.89. The maximum Gasteiger partial charge on any atom is 0.340 e. The maximum atomic E-state index is 12.1. The van der Waals surface area contributed by atoms with E-state index in [0.717, 1.165) is 5.56 Å². The molecular weight excluding hydrogens is 344 g/mol. The first-order valence-electron chi connectivity index (χ1n) is 8.26. The van der Waals surface area contributed by atoms with Gasteiger partial charge < -0.3 is 9.84 Å². The first kappa shape index (κ1) is 18.1. The van der Waals surface area contributed by atoms with Gasteiger partial charge in [0.2, 0.25) is 5.88 Å². The lowest BCUT2D eigenvalue weighted by molar-refractivity contribution is 0.00691. The fourth-order valence-electron chi connectivity index (χ4n) is 2.41. The molecule has 0 amide bonds. The standard InChI is InChI=1S/C20H18N4O3/c1-20(2,3)27-19(26)15-8-9-17(22-11-15)24-18(25)16(12-23-24)14-6-4-13(10-21)5-7-14/h4-9,11-12,25H,1-3H3. The van der Waals surface area contributed by atoms with Crippen molar-refractivity contribution in [3.05, 3.63) is 59.9 Å². The van der Waals surface area contributed by atoms with Crippen LogP contribution in [0.1, 0.15) is 36.7 Å². The Kier molecular flexibility index (Phi) is 4.65. The molecular formula is C20H18N4O3. The summed E-state index contributed by atoms with van der Waals surface area (Å²) < 4.78 is 6.57. The van der Waals surface area contributed by atoms with Crippen molar-refractivity contribution in [2.45, 2.75) is 26.4 Å². The molecule has 0 aliphatic rings. The molecule has 0 fully saturated rings. The van der Waals surface area contributed by atoms with Crippen LogP contribution in [0.5, 0.6) is 5.88 Å². The Morgan fingerprint density at radius 3 is 2.41 bits per heavy atom. The number of aromatic hydroxyl groups is 1. The number of nitrogens with zero attached hydrogens (tertiary/aromatic N) is 4. The topological polar surface area (TPSA) is 101 Å². The molecule has 2 heterocycles. The zero-order chi connectivity index (χ0) is 19.6. The molecule has 0 bridgehead atoms. The van der Waals surface area contributed by atoms with E-state index in [4.69, 9.17) is 10.00 Å². The fourth-order valence-corrected chi connectivity index (χ4v) is 2.41. The lowest BCUT2D eigenvalue weighted by atomic mass is 10.1. The summed E-state index contributed by atoms with van der Waals surface area (Å²) in [4.78, 5) is 16.3. The largest absolute Gasteiger partial charge is 0.493 e. The minimum absolute atomic E-state index is 0.0859. The molecule has 0 saturated heterocycles. The van der Waals surface area contributed by atoms with Crippen molar-refractivity contribution in [2.75, 3.05) is 0 Å². The number of rotatable bonds is 3. The van der Waals surface area contributed by atoms with Crippen LogP contribution in [-0.4, -0.2) is 31.4 Å². The molecule has 3 aromatic rings. The summed E-state index contributed by atoms with van der Waals surface area (Å²) in [5, 5.41) is 23.5. The van der Waals surface area contributed by atoms with Gasteiger partial charge in [-0.3, -0.25) is 0 Å². The number of carbonyl (C=O) groups is 1. The van der Waals surface area contributed by atoms with Crippen LogP contribution in [0.25, 0.3) is 16.9 Å². The number of carbonyl (C=O) groups excluding carboxylic acids is 1. The van der Waals surface area contributed by atoms with E-state index < -0.39 is 11.6 Å². The molecule has 0 aliphatic heterocycles. The first-order chi connectivity index (χ1) is 12.8. The van der Waals surface area contributed by atoms with Crippen molar-refractivity contribution in [3.8, 4) is 28.9 Å². The molecule has 0 saturated carbocycles. The Hall–Kier alpha value is -3.66. The number of pyridine rings is 1. The van der Waals surface area contributed by atoms with Crippen molar-refractivity contribution in [1.82, 2.24) is 14.8 Å². The molecule has 2 aromatic heterocycles. The van der Waals surface area contributed by atoms with Gasteiger partial charge in [0.05, 0.1) is 29.0 Å². The van der Waals surface area contributed by atoms with E-state index in [-0.39, 0.29) is 5.88 Å². The molecule has 27 heavy (non-hydrogen) atoms. The van der Waals surface area contributed by atoms with Crippen molar-refractivity contribution in [3.63, 3.8) is 0 Å². The third-order valence-electron chi connectivity index (χ3n) is 3.67. The number of hydrogen-bond acceptors (Lipinski definition) is 6. The highest BCUT2D eigenvalue weighted by molar-refractivity contribution is 5.89. The van der Waals surface area contributed by atoms with Gasteiger partial charge in [0.15, 0.2) is 5.82 Å². The quantitative estimate of drug-likeness (QED) is 0.716. The highest BCUT2D eigenvalue weighted by Gasteiger charge is 2.19. The summed E-state index contributed by atoms with van der Waals surface area (Å²) in [6, 6.07) is 12.0. The van der Waals surface area contributed by atoms with Crippen molar-refractivity contribution in [2.24, 2.45) is 0 Å². The molecule has 1 aromatic carbocycles. The van der Waals surface area contributed by atoms with Gasteiger partial charge in [-0.25, -0.2) is 9.78 Å². The number of hydrogen-bond donors (Lipinski definition) is 1. The van der Waals surface area contributed by atoms with Crippen LogP contribution in [0.15, 0.2) is 48.8 Å². The summed E-state index contributed by atoms with van der Waals surface area (Å²) in [5.41, 5.74) is 1.49. The van der Waals surface area contributed by atoms with Crippen LogP contribution < -0.4 is 0 Å². The van der Waals surface area contributed by atoms with Gasteiger partial charge in [-0.15, -0.1) is 0 Å². The smallest absolute Gasteiger partial charge is 0.340 e. The minimum atomic E-state index is -0.591. The van der Waals surface area contributed by atoms with Crippen LogP contribution in [0.4, 0.5) is 0 Å². The third kappa shape index (κ3) is 3.96. The van der Waals surface area contributed by atoms with Crippen molar-refractivity contribution < 1.29 is 14.6 Å². The molecule has 1 N–H and O–H groups in total. The Morgan fingerprint density at radius 1 is 1.15 bits per heavy atom. The van der Waals surface area contributed by atoms with Gasteiger partial charge in [0, 0.05) is 6.20 Å². The van der Waals surface area contributed by atoms with E-state index in [9.17, 15) is 9.90 Å². The average Bonchev–Trinajstić information content (AvgIpc) is 3.02.